The number of halogens is 6. The molecule has 190 valence electrons. The van der Waals surface area contributed by atoms with Crippen molar-refractivity contribution in [3.63, 3.8) is 0 Å². The fourth-order valence-corrected chi connectivity index (χ4v) is 4.63. The van der Waals surface area contributed by atoms with Gasteiger partial charge in [0.2, 0.25) is 0 Å². The first-order chi connectivity index (χ1) is 16.1. The van der Waals surface area contributed by atoms with Gasteiger partial charge in [0.1, 0.15) is 5.60 Å². The van der Waals surface area contributed by atoms with E-state index in [4.69, 9.17) is 27.9 Å². The summed E-state index contributed by atoms with van der Waals surface area (Å²) in [5, 5.41) is 3.51. The third-order valence-corrected chi connectivity index (χ3v) is 6.64. The van der Waals surface area contributed by atoms with Gasteiger partial charge in [0, 0.05) is 35.1 Å². The highest BCUT2D eigenvalue weighted by atomic mass is 79.9. The Kier molecular flexibility index (Phi) is 8.34. The van der Waals surface area contributed by atoms with E-state index in [-0.39, 0.29) is 16.6 Å². The molecule has 1 N–H and O–H groups in total. The van der Waals surface area contributed by atoms with Crippen LogP contribution in [-0.4, -0.2) is 41.6 Å². The molecule has 11 heteroatoms. The summed E-state index contributed by atoms with van der Waals surface area (Å²) >= 11 is 15.3. The predicted octanol–water partition coefficient (Wildman–Crippen LogP) is 7.30. The van der Waals surface area contributed by atoms with E-state index in [1.165, 1.54) is 6.07 Å². The lowest BCUT2D eigenvalue weighted by Crippen LogP contribution is -2.52. The minimum atomic E-state index is -4.60. The van der Waals surface area contributed by atoms with Crippen LogP contribution in [0.2, 0.25) is 10.0 Å². The molecule has 0 radical (unpaired) electrons. The van der Waals surface area contributed by atoms with Crippen molar-refractivity contribution in [2.75, 3.05) is 13.1 Å². The summed E-state index contributed by atoms with van der Waals surface area (Å²) in [5.74, 6) is -1.05. The Morgan fingerprint density at radius 2 is 1.77 bits per heavy atom. The van der Waals surface area contributed by atoms with Crippen molar-refractivity contribution in [3.05, 3.63) is 67.6 Å². The molecule has 1 aliphatic rings. The van der Waals surface area contributed by atoms with Crippen LogP contribution < -0.4 is 5.32 Å². The zero-order chi connectivity index (χ0) is 26.1. The van der Waals surface area contributed by atoms with Crippen LogP contribution in [0.1, 0.15) is 54.6 Å². The quantitative estimate of drug-likeness (QED) is 0.405. The number of nitrogens with zero attached hydrogens (tertiary/aromatic N) is 1. The van der Waals surface area contributed by atoms with Gasteiger partial charge in [-0.2, -0.15) is 13.2 Å². The molecule has 2 aromatic rings. The molecule has 2 aromatic carbocycles. The maximum atomic E-state index is 13.2. The number of ether oxygens (including phenoxy) is 1. The Morgan fingerprint density at radius 1 is 1.09 bits per heavy atom. The lowest BCUT2D eigenvalue weighted by atomic mass is 9.85. The lowest BCUT2D eigenvalue weighted by Gasteiger charge is -2.39. The Hall–Kier alpha value is -1.97. The summed E-state index contributed by atoms with van der Waals surface area (Å²) in [4.78, 5) is 27.2. The summed E-state index contributed by atoms with van der Waals surface area (Å²) < 4.78 is 45.3. The second kappa shape index (κ2) is 10.6. The molecule has 1 fully saturated rings. The average Bonchev–Trinajstić information content (AvgIpc) is 2.73. The summed E-state index contributed by atoms with van der Waals surface area (Å²) in [7, 11) is 0. The van der Waals surface area contributed by atoms with Crippen molar-refractivity contribution >= 4 is 51.1 Å². The van der Waals surface area contributed by atoms with Crippen molar-refractivity contribution in [1.82, 2.24) is 10.2 Å². The topological polar surface area (TPSA) is 58.6 Å². The van der Waals surface area contributed by atoms with E-state index in [1.807, 2.05) is 0 Å². The molecule has 1 heterocycles. The van der Waals surface area contributed by atoms with E-state index >= 15 is 0 Å². The number of amides is 2. The molecule has 35 heavy (non-hydrogen) atoms. The molecule has 0 spiro atoms. The number of carbonyl (C=O) groups is 2. The Balaban J connectivity index is 1.88. The normalized spacial score (nSPS) is 18.8. The van der Waals surface area contributed by atoms with Gasteiger partial charge in [-0.05, 0) is 63.1 Å². The highest BCUT2D eigenvalue weighted by Crippen LogP contribution is 2.34. The molecular weight excluding hydrogens is 572 g/mol. The second-order valence-corrected chi connectivity index (χ2v) is 11.0. The van der Waals surface area contributed by atoms with E-state index in [9.17, 15) is 22.8 Å². The predicted molar refractivity (Wildman–Crippen MR) is 132 cm³/mol. The van der Waals surface area contributed by atoms with Crippen molar-refractivity contribution in [1.29, 1.82) is 0 Å². The number of hydrogen-bond acceptors (Lipinski definition) is 3. The number of carbonyl (C=O) groups excluding carboxylic acids is 2. The van der Waals surface area contributed by atoms with Crippen LogP contribution in [0.4, 0.5) is 18.0 Å². The first-order valence-corrected chi connectivity index (χ1v) is 12.3. The third-order valence-electron chi connectivity index (χ3n) is 5.44. The molecule has 1 aliphatic heterocycles. The largest absolute Gasteiger partial charge is 0.444 e. The standard InChI is InChI=1S/C24H24BrCl2F3N2O3/c1-23(2,3)35-22(34)32-7-6-20(17(12-32)13-4-5-18(26)19(27)10-13)31-21(33)14-8-15(24(28,29)30)11-16(25)9-14/h4-5,8-11,17,20H,6-7,12H2,1-3H3,(H,31,33)/t17-,20?/m0/s1. The van der Waals surface area contributed by atoms with Crippen molar-refractivity contribution < 1.29 is 27.5 Å². The highest BCUT2D eigenvalue weighted by molar-refractivity contribution is 9.10. The van der Waals surface area contributed by atoms with Gasteiger partial charge in [-0.15, -0.1) is 0 Å². The third kappa shape index (κ3) is 7.27. The van der Waals surface area contributed by atoms with E-state index in [1.54, 1.807) is 43.9 Å². The van der Waals surface area contributed by atoms with Gasteiger partial charge >= 0.3 is 12.3 Å². The molecule has 0 aromatic heterocycles. The van der Waals surface area contributed by atoms with Crippen LogP contribution in [0.15, 0.2) is 40.9 Å². The molecule has 0 saturated carbocycles. The fourth-order valence-electron chi connectivity index (χ4n) is 3.83. The van der Waals surface area contributed by atoms with Gasteiger partial charge in [0.05, 0.1) is 15.6 Å². The minimum Gasteiger partial charge on any atom is -0.444 e. The van der Waals surface area contributed by atoms with Crippen LogP contribution >= 0.6 is 39.1 Å². The molecule has 3 rings (SSSR count). The first kappa shape index (κ1) is 27.6. The summed E-state index contributed by atoms with van der Waals surface area (Å²) in [6.45, 7) is 5.80. The van der Waals surface area contributed by atoms with E-state index in [2.05, 4.69) is 21.2 Å². The summed E-state index contributed by atoms with van der Waals surface area (Å²) in [5.41, 5.74) is -1.02. The number of benzene rings is 2. The molecule has 5 nitrogen and oxygen atoms in total. The van der Waals surface area contributed by atoms with Gasteiger partial charge in [-0.25, -0.2) is 4.79 Å². The zero-order valence-corrected chi connectivity index (χ0v) is 22.3. The van der Waals surface area contributed by atoms with Gasteiger partial charge in [-0.1, -0.05) is 45.2 Å². The molecule has 2 amide bonds. The van der Waals surface area contributed by atoms with Crippen molar-refractivity contribution in [3.8, 4) is 0 Å². The molecule has 1 unspecified atom stereocenters. The molecule has 0 bridgehead atoms. The highest BCUT2D eigenvalue weighted by Gasteiger charge is 2.36. The average molecular weight is 596 g/mol. The number of likely N-dealkylation sites (tertiary alicyclic amines) is 1. The van der Waals surface area contributed by atoms with Crippen molar-refractivity contribution in [2.24, 2.45) is 0 Å². The van der Waals surface area contributed by atoms with E-state index < -0.39 is 41.3 Å². The maximum absolute atomic E-state index is 13.2. The monoisotopic (exact) mass is 594 g/mol. The SMILES string of the molecule is CC(C)(C)OC(=O)N1CCC(NC(=O)c2cc(Br)cc(C(F)(F)F)c2)[C@H](c2ccc(Cl)c(Cl)c2)C1. The molecule has 2 atom stereocenters. The number of rotatable bonds is 3. The van der Waals surface area contributed by atoms with Crippen LogP contribution in [0.5, 0.6) is 0 Å². The van der Waals surface area contributed by atoms with Crippen molar-refractivity contribution in [2.45, 2.75) is 50.9 Å². The van der Waals surface area contributed by atoms with Crippen LogP contribution in [0, 0.1) is 0 Å². The van der Waals surface area contributed by atoms with Gasteiger partial charge < -0.3 is 15.0 Å². The summed E-state index contributed by atoms with van der Waals surface area (Å²) in [6.07, 6.45) is -4.73. The van der Waals surface area contributed by atoms with Gasteiger partial charge in [0.25, 0.3) is 5.91 Å². The zero-order valence-electron chi connectivity index (χ0n) is 19.2. The Bertz CT molecular complexity index is 1120. The summed E-state index contributed by atoms with van der Waals surface area (Å²) in [6, 6.07) is 7.60. The number of piperidine rings is 1. The number of nitrogens with one attached hydrogen (secondary N) is 1. The minimum absolute atomic E-state index is 0.130. The molecule has 1 saturated heterocycles. The fraction of sp³-hybridized carbons (Fsp3) is 0.417. The maximum Gasteiger partial charge on any atom is 0.416 e. The molecular formula is C24H24BrCl2F3N2O3. The second-order valence-electron chi connectivity index (χ2n) is 9.30. The van der Waals surface area contributed by atoms with Gasteiger partial charge in [0.15, 0.2) is 0 Å². The smallest absolute Gasteiger partial charge is 0.416 e. The molecule has 0 aliphatic carbocycles. The lowest BCUT2D eigenvalue weighted by molar-refractivity contribution is -0.137. The Labute approximate surface area is 220 Å². The van der Waals surface area contributed by atoms with E-state index in [0.717, 1.165) is 17.7 Å². The number of hydrogen-bond donors (Lipinski definition) is 1. The first-order valence-electron chi connectivity index (χ1n) is 10.8. The van der Waals surface area contributed by atoms with Crippen LogP contribution in [-0.2, 0) is 10.9 Å². The van der Waals surface area contributed by atoms with Gasteiger partial charge in [-0.3, -0.25) is 4.79 Å². The van der Waals surface area contributed by atoms with Crippen LogP contribution in [0.3, 0.4) is 0 Å². The van der Waals surface area contributed by atoms with E-state index in [0.29, 0.717) is 23.0 Å². The Morgan fingerprint density at radius 3 is 2.37 bits per heavy atom. The van der Waals surface area contributed by atoms with Crippen LogP contribution in [0.25, 0.3) is 0 Å². The number of alkyl halides is 3.